The van der Waals surface area contributed by atoms with Crippen LogP contribution in [0.1, 0.15) is 46.0 Å². The number of nitrogens with one attached hydrogen (secondary N) is 1. The van der Waals surface area contributed by atoms with Gasteiger partial charge in [-0.25, -0.2) is 0 Å². The molecule has 3 atom stereocenters. The van der Waals surface area contributed by atoms with Crippen molar-refractivity contribution in [3.63, 3.8) is 0 Å². The van der Waals surface area contributed by atoms with Gasteiger partial charge >= 0.3 is 0 Å². The molecule has 2 bridgehead atoms. The van der Waals surface area contributed by atoms with Gasteiger partial charge in [0, 0.05) is 36.6 Å². The smallest absolute Gasteiger partial charge is 0.0562 e. The zero-order valence-electron chi connectivity index (χ0n) is 12.8. The predicted molar refractivity (Wildman–Crippen MR) is 81.7 cm³/mol. The maximum atomic E-state index is 4.35. The Kier molecular flexibility index (Phi) is 4.41. The third kappa shape index (κ3) is 2.91. The summed E-state index contributed by atoms with van der Waals surface area (Å²) in [6, 6.07) is 4.94. The van der Waals surface area contributed by atoms with Crippen molar-refractivity contribution in [3.8, 4) is 0 Å². The maximum Gasteiger partial charge on any atom is 0.0562 e. The Labute approximate surface area is 122 Å². The van der Waals surface area contributed by atoms with Crippen molar-refractivity contribution >= 4 is 0 Å². The van der Waals surface area contributed by atoms with E-state index in [2.05, 4.69) is 40.0 Å². The molecule has 2 aliphatic heterocycles. The van der Waals surface area contributed by atoms with Crippen molar-refractivity contribution in [2.75, 3.05) is 6.54 Å². The molecule has 4 nitrogen and oxygen atoms in total. The van der Waals surface area contributed by atoms with Gasteiger partial charge in [-0.2, -0.15) is 5.10 Å². The van der Waals surface area contributed by atoms with Crippen molar-refractivity contribution in [2.45, 2.75) is 76.7 Å². The van der Waals surface area contributed by atoms with E-state index in [0.29, 0.717) is 6.04 Å². The van der Waals surface area contributed by atoms with Crippen LogP contribution in [0, 0.1) is 0 Å². The van der Waals surface area contributed by atoms with Crippen LogP contribution in [-0.2, 0) is 6.54 Å². The minimum absolute atomic E-state index is 0.597. The number of hydrogen-bond acceptors (Lipinski definition) is 3. The first-order valence-electron chi connectivity index (χ1n) is 8.26. The Morgan fingerprint density at radius 1 is 1.30 bits per heavy atom. The van der Waals surface area contributed by atoms with Crippen LogP contribution in [0.3, 0.4) is 0 Å². The molecule has 1 aromatic heterocycles. The topological polar surface area (TPSA) is 33.1 Å². The SMILES string of the molecule is CCCNC1CC2CCC(C1)N2C(C)Cn1cccn1. The normalized spacial score (nSPS) is 31.6. The van der Waals surface area contributed by atoms with Crippen LogP contribution in [0.15, 0.2) is 18.5 Å². The van der Waals surface area contributed by atoms with E-state index in [1.165, 1.54) is 38.6 Å². The molecule has 4 heteroatoms. The first-order chi connectivity index (χ1) is 9.78. The molecule has 0 radical (unpaired) electrons. The van der Waals surface area contributed by atoms with Gasteiger partial charge in [-0.15, -0.1) is 0 Å². The lowest BCUT2D eigenvalue weighted by atomic mass is 9.95. The second-order valence-corrected chi connectivity index (χ2v) is 6.53. The van der Waals surface area contributed by atoms with Gasteiger partial charge in [0.25, 0.3) is 0 Å². The van der Waals surface area contributed by atoms with Crippen molar-refractivity contribution in [1.29, 1.82) is 0 Å². The van der Waals surface area contributed by atoms with Gasteiger partial charge < -0.3 is 5.32 Å². The first-order valence-corrected chi connectivity index (χ1v) is 8.26. The maximum absolute atomic E-state index is 4.35. The minimum atomic E-state index is 0.597. The van der Waals surface area contributed by atoms with Crippen molar-refractivity contribution in [3.05, 3.63) is 18.5 Å². The first kappa shape index (κ1) is 14.1. The molecule has 3 heterocycles. The minimum Gasteiger partial charge on any atom is -0.314 e. The fourth-order valence-corrected chi connectivity index (χ4v) is 4.22. The molecule has 2 aliphatic rings. The van der Waals surface area contributed by atoms with Crippen molar-refractivity contribution in [1.82, 2.24) is 20.0 Å². The van der Waals surface area contributed by atoms with Crippen LogP contribution in [0.4, 0.5) is 0 Å². The lowest BCUT2D eigenvalue weighted by molar-refractivity contribution is 0.0679. The van der Waals surface area contributed by atoms with Gasteiger partial charge in [0.05, 0.1) is 6.54 Å². The summed E-state index contributed by atoms with van der Waals surface area (Å²) in [6.07, 6.45) is 10.6. The summed E-state index contributed by atoms with van der Waals surface area (Å²) in [7, 11) is 0. The fourth-order valence-electron chi connectivity index (χ4n) is 4.22. The Morgan fingerprint density at radius 2 is 2.05 bits per heavy atom. The number of fused-ring (bicyclic) bond motifs is 2. The van der Waals surface area contributed by atoms with Gasteiger partial charge in [-0.05, 0) is 51.6 Å². The number of hydrogen-bond donors (Lipinski definition) is 1. The van der Waals surface area contributed by atoms with Crippen molar-refractivity contribution < 1.29 is 0 Å². The molecule has 0 aliphatic carbocycles. The summed E-state index contributed by atoms with van der Waals surface area (Å²) in [5.41, 5.74) is 0. The number of piperidine rings is 1. The second kappa shape index (κ2) is 6.27. The van der Waals surface area contributed by atoms with Crippen molar-refractivity contribution in [2.24, 2.45) is 0 Å². The Balaban J connectivity index is 1.59. The third-order valence-electron chi connectivity index (χ3n) is 4.99. The predicted octanol–water partition coefficient (Wildman–Crippen LogP) is 2.27. The highest BCUT2D eigenvalue weighted by molar-refractivity contribution is 4.99. The van der Waals surface area contributed by atoms with E-state index >= 15 is 0 Å². The van der Waals surface area contributed by atoms with E-state index in [-0.39, 0.29) is 0 Å². The average Bonchev–Trinajstić information content (AvgIpc) is 3.03. The standard InChI is InChI=1S/C16H28N4/c1-3-7-17-14-10-15-5-6-16(11-14)20(15)13(2)12-19-9-4-8-18-19/h4,8-9,13-17H,3,5-7,10-12H2,1-2H3. The lowest BCUT2D eigenvalue weighted by Gasteiger charge is -2.42. The highest BCUT2D eigenvalue weighted by Crippen LogP contribution is 2.37. The summed E-state index contributed by atoms with van der Waals surface area (Å²) in [4.78, 5) is 2.78. The number of nitrogens with zero attached hydrogens (tertiary/aromatic N) is 3. The third-order valence-corrected chi connectivity index (χ3v) is 4.99. The molecule has 3 rings (SSSR count). The average molecular weight is 276 g/mol. The van der Waals surface area contributed by atoms with E-state index in [4.69, 9.17) is 0 Å². The molecular formula is C16H28N4. The van der Waals surface area contributed by atoms with Crippen LogP contribution in [0.25, 0.3) is 0 Å². The zero-order valence-corrected chi connectivity index (χ0v) is 12.8. The molecular weight excluding hydrogens is 248 g/mol. The molecule has 1 aromatic rings. The molecule has 0 amide bonds. The molecule has 20 heavy (non-hydrogen) atoms. The monoisotopic (exact) mass is 276 g/mol. The van der Waals surface area contributed by atoms with Gasteiger partial charge in [-0.3, -0.25) is 9.58 Å². The molecule has 112 valence electrons. The van der Waals surface area contributed by atoms with Crippen LogP contribution in [0.5, 0.6) is 0 Å². The molecule has 0 aromatic carbocycles. The number of rotatable bonds is 6. The molecule has 2 fully saturated rings. The summed E-state index contributed by atoms with van der Waals surface area (Å²) in [6.45, 7) is 6.82. The second-order valence-electron chi connectivity index (χ2n) is 6.53. The van der Waals surface area contributed by atoms with Gasteiger partial charge in [-0.1, -0.05) is 6.92 Å². The Morgan fingerprint density at radius 3 is 2.65 bits per heavy atom. The summed E-state index contributed by atoms with van der Waals surface area (Å²) >= 11 is 0. The molecule has 0 saturated carbocycles. The molecule has 3 unspecified atom stereocenters. The zero-order chi connectivity index (χ0) is 13.9. The fraction of sp³-hybridized carbons (Fsp3) is 0.812. The molecule has 1 N–H and O–H groups in total. The Bertz CT molecular complexity index is 389. The van der Waals surface area contributed by atoms with E-state index in [9.17, 15) is 0 Å². The van der Waals surface area contributed by atoms with E-state index in [1.54, 1.807) is 0 Å². The number of aromatic nitrogens is 2. The van der Waals surface area contributed by atoms with Gasteiger partial charge in [0.1, 0.15) is 0 Å². The van der Waals surface area contributed by atoms with Crippen LogP contribution < -0.4 is 5.32 Å². The highest BCUT2D eigenvalue weighted by atomic mass is 15.3. The van der Waals surface area contributed by atoms with Crippen LogP contribution >= 0.6 is 0 Å². The van der Waals surface area contributed by atoms with Gasteiger partial charge in [0.15, 0.2) is 0 Å². The van der Waals surface area contributed by atoms with Crippen LogP contribution in [0.2, 0.25) is 0 Å². The highest BCUT2D eigenvalue weighted by Gasteiger charge is 2.42. The summed E-state index contributed by atoms with van der Waals surface area (Å²) < 4.78 is 2.07. The lowest BCUT2D eigenvalue weighted by Crippen LogP contribution is -2.53. The van der Waals surface area contributed by atoms with E-state index in [0.717, 1.165) is 24.7 Å². The van der Waals surface area contributed by atoms with E-state index < -0.39 is 0 Å². The van der Waals surface area contributed by atoms with Gasteiger partial charge in [0.2, 0.25) is 0 Å². The van der Waals surface area contributed by atoms with Crippen LogP contribution in [-0.4, -0.2) is 45.4 Å². The summed E-state index contributed by atoms with van der Waals surface area (Å²) in [5.74, 6) is 0. The van der Waals surface area contributed by atoms with E-state index in [1.807, 2.05) is 12.3 Å². The quantitative estimate of drug-likeness (QED) is 0.865. The summed E-state index contributed by atoms with van der Waals surface area (Å²) in [5, 5.41) is 8.09. The largest absolute Gasteiger partial charge is 0.314 e. The Hall–Kier alpha value is -0.870. The molecule has 0 spiro atoms. The molecule has 2 saturated heterocycles.